The zero-order valence-corrected chi connectivity index (χ0v) is 10.6. The van der Waals surface area contributed by atoms with Crippen molar-refractivity contribution in [1.29, 1.82) is 0 Å². The maximum absolute atomic E-state index is 10.1. The Hall–Kier alpha value is -1.93. The molecule has 0 radical (unpaired) electrons. The van der Waals surface area contributed by atoms with E-state index in [1.54, 1.807) is 23.4 Å². The van der Waals surface area contributed by atoms with Gasteiger partial charge in [0.1, 0.15) is 12.2 Å². The van der Waals surface area contributed by atoms with Gasteiger partial charge in [0.25, 0.3) is 0 Å². The highest BCUT2D eigenvalue weighted by Crippen LogP contribution is 2.10. The number of aromatic nitrogens is 5. The Bertz CT molecular complexity index is 549. The first-order chi connectivity index (χ1) is 9.20. The van der Waals surface area contributed by atoms with Crippen molar-refractivity contribution in [3.05, 3.63) is 24.5 Å². The van der Waals surface area contributed by atoms with E-state index in [0.29, 0.717) is 18.8 Å². The molecule has 0 saturated heterocycles. The van der Waals surface area contributed by atoms with Gasteiger partial charge in [-0.1, -0.05) is 0 Å². The molecule has 0 spiro atoms. The number of hydrogen-bond donors (Lipinski definition) is 2. The minimum atomic E-state index is -0.478. The molecule has 8 heteroatoms. The number of nitrogen functional groups attached to an aromatic ring is 1. The fraction of sp³-hybridized carbons (Fsp3) is 0.545. The van der Waals surface area contributed by atoms with Gasteiger partial charge in [0, 0.05) is 25.8 Å². The molecular weight excluding hydrogens is 246 g/mol. The van der Waals surface area contributed by atoms with Crippen LogP contribution in [0, 0.1) is 0 Å². The summed E-state index contributed by atoms with van der Waals surface area (Å²) >= 11 is 0. The quantitative estimate of drug-likeness (QED) is 0.729. The molecule has 2 aromatic heterocycles. The van der Waals surface area contributed by atoms with Gasteiger partial charge in [-0.3, -0.25) is 9.58 Å². The molecule has 102 valence electrons. The maximum atomic E-state index is 10.1. The molecule has 0 saturated carbocycles. The topological polar surface area (TPSA) is 98.0 Å². The van der Waals surface area contributed by atoms with Crippen molar-refractivity contribution in [3.63, 3.8) is 0 Å². The molecule has 2 aromatic rings. The van der Waals surface area contributed by atoms with E-state index in [-0.39, 0.29) is 0 Å². The number of anilines is 1. The van der Waals surface area contributed by atoms with Gasteiger partial charge in [-0.2, -0.15) is 5.10 Å². The first-order valence-electron chi connectivity index (χ1n) is 6.26. The average Bonchev–Trinajstić information content (AvgIpc) is 2.97. The Morgan fingerprint density at radius 3 is 3.05 bits per heavy atom. The molecule has 0 fully saturated rings. The molecule has 0 aliphatic carbocycles. The molecule has 3 heterocycles. The highest BCUT2D eigenvalue weighted by molar-refractivity contribution is 5.30. The van der Waals surface area contributed by atoms with Crippen LogP contribution in [0.5, 0.6) is 0 Å². The second kappa shape index (κ2) is 4.98. The number of rotatable bonds is 4. The summed E-state index contributed by atoms with van der Waals surface area (Å²) in [4.78, 5) is 2.17. The van der Waals surface area contributed by atoms with Crippen molar-refractivity contribution >= 4 is 5.69 Å². The Labute approximate surface area is 110 Å². The molecular formula is C11H17N7O. The molecule has 3 N–H and O–H groups in total. The van der Waals surface area contributed by atoms with E-state index in [1.165, 1.54) is 0 Å². The molecule has 0 amide bonds. The summed E-state index contributed by atoms with van der Waals surface area (Å²) in [5.74, 6) is 0.946. The van der Waals surface area contributed by atoms with Gasteiger partial charge in [0.05, 0.1) is 31.1 Å². The Kier molecular flexibility index (Phi) is 3.18. The first kappa shape index (κ1) is 12.1. The molecule has 3 rings (SSSR count). The largest absolute Gasteiger partial charge is 0.396 e. The third kappa shape index (κ3) is 2.74. The van der Waals surface area contributed by atoms with Gasteiger partial charge in [-0.05, 0) is 0 Å². The first-order valence-corrected chi connectivity index (χ1v) is 6.26. The standard InChI is InChI=1S/C11H17N7O/c12-9-3-14-18(4-9)6-10(19)5-16-1-2-17-8-13-15-11(17)7-16/h3-4,8,10,19H,1-2,5-7,12H2. The lowest BCUT2D eigenvalue weighted by atomic mass is 10.3. The zero-order valence-electron chi connectivity index (χ0n) is 10.6. The van der Waals surface area contributed by atoms with Gasteiger partial charge in [-0.15, -0.1) is 10.2 Å². The van der Waals surface area contributed by atoms with Crippen molar-refractivity contribution in [3.8, 4) is 0 Å². The molecule has 0 aromatic carbocycles. The Balaban J connectivity index is 1.54. The number of nitrogens with two attached hydrogens (primary N) is 1. The summed E-state index contributed by atoms with van der Waals surface area (Å²) in [6, 6.07) is 0. The smallest absolute Gasteiger partial charge is 0.147 e. The average molecular weight is 263 g/mol. The van der Waals surface area contributed by atoms with Crippen molar-refractivity contribution in [2.24, 2.45) is 0 Å². The maximum Gasteiger partial charge on any atom is 0.147 e. The van der Waals surface area contributed by atoms with Crippen LogP contribution in [-0.2, 0) is 19.6 Å². The lowest BCUT2D eigenvalue weighted by Gasteiger charge is -2.28. The van der Waals surface area contributed by atoms with Crippen LogP contribution >= 0.6 is 0 Å². The van der Waals surface area contributed by atoms with Crippen LogP contribution in [-0.4, -0.2) is 53.7 Å². The van der Waals surface area contributed by atoms with Crippen molar-refractivity contribution in [2.45, 2.75) is 25.7 Å². The number of fused-ring (bicyclic) bond motifs is 1. The summed E-state index contributed by atoms with van der Waals surface area (Å²) in [6.07, 6.45) is 4.57. The van der Waals surface area contributed by atoms with Crippen LogP contribution < -0.4 is 5.73 Å². The van der Waals surface area contributed by atoms with E-state index in [9.17, 15) is 5.11 Å². The fourth-order valence-electron chi connectivity index (χ4n) is 2.32. The Morgan fingerprint density at radius 2 is 2.26 bits per heavy atom. The number of hydrogen-bond acceptors (Lipinski definition) is 6. The van der Waals surface area contributed by atoms with Crippen LogP contribution in [0.1, 0.15) is 5.82 Å². The van der Waals surface area contributed by atoms with E-state index < -0.39 is 6.10 Å². The van der Waals surface area contributed by atoms with E-state index >= 15 is 0 Å². The third-order valence-corrected chi connectivity index (χ3v) is 3.24. The molecule has 8 nitrogen and oxygen atoms in total. The molecule has 1 unspecified atom stereocenters. The van der Waals surface area contributed by atoms with Crippen molar-refractivity contribution in [1.82, 2.24) is 29.4 Å². The second-order valence-electron chi connectivity index (χ2n) is 4.83. The second-order valence-corrected chi connectivity index (χ2v) is 4.83. The lowest BCUT2D eigenvalue weighted by Crippen LogP contribution is -2.40. The summed E-state index contributed by atoms with van der Waals surface area (Å²) in [5.41, 5.74) is 6.20. The van der Waals surface area contributed by atoms with E-state index in [2.05, 4.69) is 20.2 Å². The van der Waals surface area contributed by atoms with Crippen LogP contribution in [0.2, 0.25) is 0 Å². The van der Waals surface area contributed by atoms with Gasteiger partial charge >= 0.3 is 0 Å². The normalized spacial score (nSPS) is 17.3. The Morgan fingerprint density at radius 1 is 1.37 bits per heavy atom. The van der Waals surface area contributed by atoms with Gasteiger partial charge < -0.3 is 15.4 Å². The summed E-state index contributed by atoms with van der Waals surface area (Å²) < 4.78 is 3.70. The summed E-state index contributed by atoms with van der Waals surface area (Å²) in [6.45, 7) is 3.51. The predicted molar refractivity (Wildman–Crippen MR) is 67.9 cm³/mol. The van der Waals surface area contributed by atoms with Crippen LogP contribution in [0.15, 0.2) is 18.7 Å². The number of aliphatic hydroxyl groups is 1. The van der Waals surface area contributed by atoms with Crippen molar-refractivity contribution in [2.75, 3.05) is 18.8 Å². The molecule has 0 bridgehead atoms. The van der Waals surface area contributed by atoms with Crippen LogP contribution in [0.4, 0.5) is 5.69 Å². The number of nitrogens with zero attached hydrogens (tertiary/aromatic N) is 6. The minimum absolute atomic E-state index is 0.445. The fourth-order valence-corrected chi connectivity index (χ4v) is 2.32. The molecule has 1 aliphatic rings. The van der Waals surface area contributed by atoms with E-state index in [0.717, 1.165) is 25.5 Å². The third-order valence-electron chi connectivity index (χ3n) is 3.24. The zero-order chi connectivity index (χ0) is 13.2. The van der Waals surface area contributed by atoms with Gasteiger partial charge in [0.15, 0.2) is 0 Å². The van der Waals surface area contributed by atoms with Gasteiger partial charge in [-0.25, -0.2) is 0 Å². The summed E-state index contributed by atoms with van der Waals surface area (Å²) in [5, 5.41) is 22.1. The lowest BCUT2D eigenvalue weighted by molar-refractivity contribution is 0.0812. The van der Waals surface area contributed by atoms with Gasteiger partial charge in [0.2, 0.25) is 0 Å². The molecule has 1 atom stereocenters. The highest BCUT2D eigenvalue weighted by Gasteiger charge is 2.20. The molecule has 1 aliphatic heterocycles. The SMILES string of the molecule is Nc1cnn(CC(O)CN2CCn3cnnc3C2)c1. The van der Waals surface area contributed by atoms with Crippen LogP contribution in [0.3, 0.4) is 0 Å². The van der Waals surface area contributed by atoms with E-state index in [4.69, 9.17) is 5.73 Å². The number of aliphatic hydroxyl groups excluding tert-OH is 1. The summed E-state index contributed by atoms with van der Waals surface area (Å²) in [7, 11) is 0. The van der Waals surface area contributed by atoms with Crippen molar-refractivity contribution < 1.29 is 5.11 Å². The monoisotopic (exact) mass is 263 g/mol. The molecule has 19 heavy (non-hydrogen) atoms. The predicted octanol–water partition coefficient (Wildman–Crippen LogP) is -1.07. The van der Waals surface area contributed by atoms with E-state index in [1.807, 2.05) is 4.57 Å². The van der Waals surface area contributed by atoms with Crippen LogP contribution in [0.25, 0.3) is 0 Å². The minimum Gasteiger partial charge on any atom is -0.396 e. The highest BCUT2D eigenvalue weighted by atomic mass is 16.3. The number of β-amino-alcohol motifs (C(OH)–C–C–N with tert-alkyl or cyclic N) is 1.